The number of esters is 1. The molecule has 1 N–H and O–H groups in total. The van der Waals surface area contributed by atoms with Gasteiger partial charge in [0, 0.05) is 25.5 Å². The average molecular weight is 520 g/mol. The van der Waals surface area contributed by atoms with Crippen LogP contribution in [0.4, 0.5) is 18.9 Å². The van der Waals surface area contributed by atoms with Crippen LogP contribution in [0.3, 0.4) is 0 Å². The number of benzene rings is 2. The molecule has 0 saturated heterocycles. The molecule has 0 bridgehead atoms. The molecule has 1 heterocycles. The molecule has 10 heteroatoms. The molecular formula is C26H25ClF3N3O3. The number of hydrogen-bond acceptors (Lipinski definition) is 5. The summed E-state index contributed by atoms with van der Waals surface area (Å²) >= 11 is 6.23. The molecule has 1 aliphatic rings. The normalized spacial score (nSPS) is 17.1. The Morgan fingerprint density at radius 1 is 1.22 bits per heavy atom. The molecule has 0 fully saturated rings. The lowest BCUT2D eigenvalue weighted by Crippen LogP contribution is -2.32. The van der Waals surface area contributed by atoms with Gasteiger partial charge in [0.1, 0.15) is 17.6 Å². The van der Waals surface area contributed by atoms with Crippen molar-refractivity contribution in [1.82, 2.24) is 9.55 Å². The third kappa shape index (κ3) is 4.84. The smallest absolute Gasteiger partial charge is 0.416 e. The summed E-state index contributed by atoms with van der Waals surface area (Å²) in [5, 5.41) is 3.13. The molecule has 36 heavy (non-hydrogen) atoms. The summed E-state index contributed by atoms with van der Waals surface area (Å²) in [6, 6.07) is 10.2. The molecule has 2 unspecified atom stereocenters. The molecule has 0 radical (unpaired) electrons. The summed E-state index contributed by atoms with van der Waals surface area (Å²) in [4.78, 5) is 30.1. The molecule has 1 aliphatic carbocycles. The van der Waals surface area contributed by atoms with Crippen LogP contribution in [0.1, 0.15) is 49.2 Å². The Hall–Kier alpha value is -3.33. The molecule has 3 aromatic rings. The van der Waals surface area contributed by atoms with Crippen LogP contribution in [0.5, 0.6) is 0 Å². The molecular weight excluding hydrogens is 495 g/mol. The van der Waals surface area contributed by atoms with Crippen LogP contribution in [0, 0.1) is 0 Å². The van der Waals surface area contributed by atoms with Gasteiger partial charge >= 0.3 is 12.1 Å². The largest absolute Gasteiger partial charge is 0.460 e. The van der Waals surface area contributed by atoms with E-state index in [1.54, 1.807) is 6.92 Å². The highest BCUT2D eigenvalue weighted by atomic mass is 35.5. The summed E-state index contributed by atoms with van der Waals surface area (Å²) in [7, 11) is 0. The summed E-state index contributed by atoms with van der Waals surface area (Å²) in [5.74, 6) is -0.237. The maximum atomic E-state index is 13.7. The van der Waals surface area contributed by atoms with Crippen molar-refractivity contribution in [3.63, 3.8) is 0 Å². The van der Waals surface area contributed by atoms with E-state index in [-0.39, 0.29) is 34.2 Å². The van der Waals surface area contributed by atoms with Crippen LogP contribution >= 0.6 is 11.6 Å². The number of carbonyl (C=O) groups is 1. The number of nitrogens with zero attached hydrogens (tertiary/aromatic N) is 2. The van der Waals surface area contributed by atoms with Crippen molar-refractivity contribution >= 4 is 23.3 Å². The minimum Gasteiger partial charge on any atom is -0.460 e. The van der Waals surface area contributed by atoms with Crippen LogP contribution in [0.25, 0.3) is 11.4 Å². The molecule has 0 spiro atoms. The second-order valence-corrected chi connectivity index (χ2v) is 8.93. The number of aromatic nitrogens is 2. The number of carbonyl (C=O) groups excluding carboxylic acids is 1. The van der Waals surface area contributed by atoms with Gasteiger partial charge in [0.15, 0.2) is 0 Å². The van der Waals surface area contributed by atoms with E-state index in [9.17, 15) is 22.8 Å². The highest BCUT2D eigenvalue weighted by Crippen LogP contribution is 2.38. The second kappa shape index (κ2) is 9.97. The van der Waals surface area contributed by atoms with Crippen LogP contribution in [-0.4, -0.2) is 21.6 Å². The molecule has 2 aromatic carbocycles. The van der Waals surface area contributed by atoms with E-state index < -0.39 is 29.9 Å². The Morgan fingerprint density at radius 2 is 1.94 bits per heavy atom. The molecule has 4 rings (SSSR count). The SMILES string of the molecule is CCc1nc(-c2ccc(C(F)(F)F)cc2Cl)n(CC)c(=O)c1NC1c2ccccc2CC1OC(C)=O. The van der Waals surface area contributed by atoms with Crippen molar-refractivity contribution in [1.29, 1.82) is 0 Å². The van der Waals surface area contributed by atoms with E-state index in [1.165, 1.54) is 17.6 Å². The zero-order chi connectivity index (χ0) is 26.2. The van der Waals surface area contributed by atoms with E-state index >= 15 is 0 Å². The van der Waals surface area contributed by atoms with Crippen molar-refractivity contribution in [2.75, 3.05) is 5.32 Å². The molecule has 2 atom stereocenters. The van der Waals surface area contributed by atoms with E-state index in [2.05, 4.69) is 10.3 Å². The number of fused-ring (bicyclic) bond motifs is 1. The predicted octanol–water partition coefficient (Wildman–Crippen LogP) is 5.81. The Kier molecular flexibility index (Phi) is 7.13. The first kappa shape index (κ1) is 25.8. The summed E-state index contributed by atoms with van der Waals surface area (Å²) in [6.45, 7) is 5.12. The summed E-state index contributed by atoms with van der Waals surface area (Å²) < 4.78 is 46.3. The van der Waals surface area contributed by atoms with Crippen molar-refractivity contribution in [3.8, 4) is 11.4 Å². The number of aryl methyl sites for hydroxylation is 1. The van der Waals surface area contributed by atoms with Gasteiger partial charge < -0.3 is 10.1 Å². The monoisotopic (exact) mass is 519 g/mol. The molecule has 6 nitrogen and oxygen atoms in total. The predicted molar refractivity (Wildman–Crippen MR) is 131 cm³/mol. The highest BCUT2D eigenvalue weighted by molar-refractivity contribution is 6.33. The Morgan fingerprint density at radius 3 is 2.56 bits per heavy atom. The first-order valence-corrected chi connectivity index (χ1v) is 11.9. The Bertz CT molecular complexity index is 1370. The number of alkyl halides is 3. The number of hydrogen-bond donors (Lipinski definition) is 1. The topological polar surface area (TPSA) is 73.2 Å². The quantitative estimate of drug-likeness (QED) is 0.416. The van der Waals surface area contributed by atoms with Gasteiger partial charge in [0.2, 0.25) is 0 Å². The van der Waals surface area contributed by atoms with Gasteiger partial charge in [-0.2, -0.15) is 13.2 Å². The van der Waals surface area contributed by atoms with E-state index in [0.717, 1.165) is 23.3 Å². The molecule has 0 saturated carbocycles. The Labute approximate surface area is 211 Å². The van der Waals surface area contributed by atoms with Gasteiger partial charge in [0.25, 0.3) is 5.56 Å². The van der Waals surface area contributed by atoms with Gasteiger partial charge in [-0.25, -0.2) is 4.98 Å². The molecule has 190 valence electrons. The van der Waals surface area contributed by atoms with Crippen molar-refractivity contribution in [2.45, 2.75) is 58.5 Å². The Balaban J connectivity index is 1.81. The number of halogens is 4. The third-order valence-corrected chi connectivity index (χ3v) is 6.55. The van der Waals surface area contributed by atoms with Crippen LogP contribution in [0.15, 0.2) is 47.3 Å². The zero-order valence-corrected chi connectivity index (χ0v) is 20.7. The summed E-state index contributed by atoms with van der Waals surface area (Å²) in [6.07, 6.45) is -4.18. The first-order valence-electron chi connectivity index (χ1n) is 11.6. The van der Waals surface area contributed by atoms with Crippen LogP contribution in [-0.2, 0) is 35.1 Å². The summed E-state index contributed by atoms with van der Waals surface area (Å²) in [5.41, 5.74) is 1.58. The number of ether oxygens (including phenoxy) is 1. The minimum atomic E-state index is -4.54. The van der Waals surface area contributed by atoms with E-state index in [4.69, 9.17) is 16.3 Å². The lowest BCUT2D eigenvalue weighted by Gasteiger charge is -2.24. The molecule has 0 aliphatic heterocycles. The lowest BCUT2D eigenvalue weighted by atomic mass is 10.1. The fourth-order valence-corrected chi connectivity index (χ4v) is 4.84. The zero-order valence-electron chi connectivity index (χ0n) is 19.9. The maximum absolute atomic E-state index is 13.7. The van der Waals surface area contributed by atoms with Gasteiger partial charge in [-0.3, -0.25) is 14.2 Å². The van der Waals surface area contributed by atoms with E-state index in [0.29, 0.717) is 18.5 Å². The fraction of sp³-hybridized carbons (Fsp3) is 0.346. The van der Waals surface area contributed by atoms with Gasteiger partial charge in [0.05, 0.1) is 22.3 Å². The van der Waals surface area contributed by atoms with Crippen molar-refractivity contribution in [2.24, 2.45) is 0 Å². The van der Waals surface area contributed by atoms with E-state index in [1.807, 2.05) is 31.2 Å². The number of nitrogens with one attached hydrogen (secondary N) is 1. The number of rotatable bonds is 6. The third-order valence-electron chi connectivity index (χ3n) is 6.23. The van der Waals surface area contributed by atoms with Crippen LogP contribution < -0.4 is 10.9 Å². The number of anilines is 1. The van der Waals surface area contributed by atoms with Crippen molar-refractivity contribution < 1.29 is 22.7 Å². The molecule has 0 amide bonds. The second-order valence-electron chi connectivity index (χ2n) is 8.53. The van der Waals surface area contributed by atoms with Crippen LogP contribution in [0.2, 0.25) is 5.02 Å². The van der Waals surface area contributed by atoms with Gasteiger partial charge in [-0.15, -0.1) is 0 Å². The molecule has 1 aromatic heterocycles. The average Bonchev–Trinajstić information content (AvgIpc) is 3.15. The standard InChI is InChI=1S/C26H25ClF3N3O3/c1-4-20-23(32-22-17-9-7-6-8-15(17)12-21(22)36-14(3)34)25(35)33(5-2)24(31-20)18-11-10-16(13-19(18)27)26(28,29)30/h6-11,13,21-22,32H,4-5,12H2,1-3H3. The first-order chi connectivity index (χ1) is 17.0. The maximum Gasteiger partial charge on any atom is 0.416 e. The lowest BCUT2D eigenvalue weighted by molar-refractivity contribution is -0.146. The minimum absolute atomic E-state index is 0.152. The fourth-order valence-electron chi connectivity index (χ4n) is 4.58. The van der Waals surface area contributed by atoms with Gasteiger partial charge in [-0.05, 0) is 42.7 Å². The highest BCUT2D eigenvalue weighted by Gasteiger charge is 2.36. The van der Waals surface area contributed by atoms with Gasteiger partial charge in [-0.1, -0.05) is 42.8 Å². The van der Waals surface area contributed by atoms with Crippen molar-refractivity contribution in [3.05, 3.63) is 80.2 Å².